The Morgan fingerprint density at radius 2 is 2.24 bits per heavy atom. The van der Waals surface area contributed by atoms with Crippen LogP contribution in [0.2, 0.25) is 0 Å². The molecule has 0 unspecified atom stereocenters. The Bertz CT molecular complexity index is 448. The van der Waals surface area contributed by atoms with Gasteiger partial charge in [0, 0.05) is 19.3 Å². The van der Waals surface area contributed by atoms with Crippen molar-refractivity contribution in [3.05, 3.63) is 29.3 Å². The second-order valence-corrected chi connectivity index (χ2v) is 3.80. The van der Waals surface area contributed by atoms with Crippen LogP contribution in [0.5, 0.6) is 0 Å². The zero-order valence-corrected chi connectivity index (χ0v) is 10.4. The van der Waals surface area contributed by atoms with Crippen LogP contribution in [-0.4, -0.2) is 26.0 Å². The molecule has 0 atom stereocenters. The number of hydrogen-bond donors (Lipinski definition) is 1. The maximum atomic E-state index is 11.4. The van der Waals surface area contributed by atoms with Gasteiger partial charge in [-0.2, -0.15) is 5.26 Å². The quantitative estimate of drug-likeness (QED) is 0.853. The van der Waals surface area contributed by atoms with E-state index in [4.69, 9.17) is 5.26 Å². The lowest BCUT2D eigenvalue weighted by atomic mass is 10.1. The molecule has 0 heterocycles. The van der Waals surface area contributed by atoms with Crippen molar-refractivity contribution >= 4 is 11.6 Å². The molecule has 1 aromatic rings. The summed E-state index contributed by atoms with van der Waals surface area (Å²) in [5.41, 5.74) is 2.57. The highest BCUT2D eigenvalue weighted by molar-refractivity contribution is 5.81. The van der Waals surface area contributed by atoms with Gasteiger partial charge >= 0.3 is 0 Å². The number of amides is 1. The van der Waals surface area contributed by atoms with E-state index in [2.05, 4.69) is 11.4 Å². The summed E-state index contributed by atoms with van der Waals surface area (Å²) < 4.78 is 0. The Labute approximate surface area is 102 Å². The lowest BCUT2D eigenvalue weighted by molar-refractivity contribution is -0.119. The number of carbonyl (C=O) groups excluding carboxylic acids is 1. The number of aryl methyl sites for hydroxylation is 1. The Morgan fingerprint density at radius 1 is 1.53 bits per heavy atom. The van der Waals surface area contributed by atoms with E-state index in [1.807, 2.05) is 30.9 Å². The molecule has 0 radical (unpaired) electrons. The van der Waals surface area contributed by atoms with Gasteiger partial charge < -0.3 is 10.2 Å². The fourth-order valence-electron chi connectivity index (χ4n) is 1.61. The van der Waals surface area contributed by atoms with Gasteiger partial charge in [-0.3, -0.25) is 4.79 Å². The molecule has 1 N–H and O–H groups in total. The van der Waals surface area contributed by atoms with Crippen LogP contribution in [0.3, 0.4) is 0 Å². The number of rotatable bonds is 4. The molecule has 0 saturated carbocycles. The van der Waals surface area contributed by atoms with E-state index in [-0.39, 0.29) is 5.91 Å². The van der Waals surface area contributed by atoms with Crippen molar-refractivity contribution in [2.24, 2.45) is 0 Å². The van der Waals surface area contributed by atoms with Crippen molar-refractivity contribution in [1.82, 2.24) is 5.32 Å². The minimum Gasteiger partial charge on any atom is -0.362 e. The topological polar surface area (TPSA) is 56.1 Å². The fraction of sp³-hybridized carbons (Fsp3) is 0.385. The summed E-state index contributed by atoms with van der Waals surface area (Å²) in [5, 5.41) is 11.5. The van der Waals surface area contributed by atoms with Crippen molar-refractivity contribution in [3.63, 3.8) is 0 Å². The van der Waals surface area contributed by atoms with Crippen molar-refractivity contribution in [2.75, 3.05) is 25.0 Å². The van der Waals surface area contributed by atoms with E-state index in [9.17, 15) is 4.79 Å². The van der Waals surface area contributed by atoms with Crippen LogP contribution in [0.1, 0.15) is 18.1 Å². The first-order valence-electron chi connectivity index (χ1n) is 5.58. The van der Waals surface area contributed by atoms with E-state index in [0.717, 1.165) is 17.8 Å². The van der Waals surface area contributed by atoms with Gasteiger partial charge in [0.15, 0.2) is 0 Å². The van der Waals surface area contributed by atoms with Crippen molar-refractivity contribution < 1.29 is 4.79 Å². The summed E-state index contributed by atoms with van der Waals surface area (Å²) >= 11 is 0. The number of likely N-dealkylation sites (N-methyl/N-ethyl adjacent to an activating group) is 2. The van der Waals surface area contributed by atoms with Gasteiger partial charge in [0.25, 0.3) is 0 Å². The molecular formula is C13H17N3O. The summed E-state index contributed by atoms with van der Waals surface area (Å²) in [6.45, 7) is 4.98. The van der Waals surface area contributed by atoms with Crippen LogP contribution >= 0.6 is 0 Å². The molecule has 0 fully saturated rings. The predicted molar refractivity (Wildman–Crippen MR) is 67.8 cm³/mol. The van der Waals surface area contributed by atoms with E-state index in [0.29, 0.717) is 12.1 Å². The number of anilines is 1. The molecule has 0 spiro atoms. The second kappa shape index (κ2) is 5.90. The molecule has 17 heavy (non-hydrogen) atoms. The van der Waals surface area contributed by atoms with Crippen molar-refractivity contribution in [3.8, 4) is 6.07 Å². The van der Waals surface area contributed by atoms with Crippen LogP contribution in [0, 0.1) is 18.3 Å². The third-order valence-corrected chi connectivity index (χ3v) is 2.69. The molecule has 0 aliphatic heterocycles. The maximum Gasteiger partial charge on any atom is 0.239 e. The highest BCUT2D eigenvalue weighted by atomic mass is 16.1. The summed E-state index contributed by atoms with van der Waals surface area (Å²) in [5.74, 6) is -0.0196. The molecular weight excluding hydrogens is 214 g/mol. The molecule has 1 amide bonds. The van der Waals surface area contributed by atoms with E-state index < -0.39 is 0 Å². The van der Waals surface area contributed by atoms with Gasteiger partial charge in [0.1, 0.15) is 0 Å². The average molecular weight is 231 g/mol. The van der Waals surface area contributed by atoms with Gasteiger partial charge in [-0.15, -0.1) is 0 Å². The van der Waals surface area contributed by atoms with Crippen LogP contribution in [0.25, 0.3) is 0 Å². The number of nitrogens with one attached hydrogen (secondary N) is 1. The summed E-state index contributed by atoms with van der Waals surface area (Å²) in [7, 11) is 1.63. The fourth-order valence-corrected chi connectivity index (χ4v) is 1.61. The van der Waals surface area contributed by atoms with Gasteiger partial charge in [0.05, 0.1) is 18.2 Å². The van der Waals surface area contributed by atoms with Gasteiger partial charge in [-0.1, -0.05) is 0 Å². The smallest absolute Gasteiger partial charge is 0.239 e. The molecule has 0 aromatic heterocycles. The number of hydrogen-bond acceptors (Lipinski definition) is 3. The van der Waals surface area contributed by atoms with Crippen LogP contribution in [0.4, 0.5) is 5.69 Å². The molecule has 1 rings (SSSR count). The number of nitrogens with zero attached hydrogens (tertiary/aromatic N) is 2. The molecule has 90 valence electrons. The first-order chi connectivity index (χ1) is 8.12. The third-order valence-electron chi connectivity index (χ3n) is 2.69. The lowest BCUT2D eigenvalue weighted by Crippen LogP contribution is -2.35. The van der Waals surface area contributed by atoms with Crippen LogP contribution in [0.15, 0.2) is 18.2 Å². The second-order valence-electron chi connectivity index (χ2n) is 3.80. The monoisotopic (exact) mass is 231 g/mol. The minimum atomic E-state index is -0.0196. The normalized spacial score (nSPS) is 9.53. The van der Waals surface area contributed by atoms with Gasteiger partial charge in [0.2, 0.25) is 5.91 Å². The number of benzene rings is 1. The van der Waals surface area contributed by atoms with Crippen LogP contribution < -0.4 is 10.2 Å². The number of nitriles is 1. The van der Waals surface area contributed by atoms with Gasteiger partial charge in [-0.05, 0) is 37.6 Å². The zero-order valence-electron chi connectivity index (χ0n) is 10.4. The number of carbonyl (C=O) groups is 1. The van der Waals surface area contributed by atoms with E-state index in [1.165, 1.54) is 0 Å². The molecule has 0 saturated heterocycles. The minimum absolute atomic E-state index is 0.0196. The standard InChI is InChI=1S/C13H17N3O/c1-4-16(9-13(17)15-3)12-6-5-11(8-14)10(2)7-12/h5-7H,4,9H2,1-3H3,(H,15,17). The van der Waals surface area contributed by atoms with Gasteiger partial charge in [-0.25, -0.2) is 0 Å². The molecule has 0 bridgehead atoms. The highest BCUT2D eigenvalue weighted by Gasteiger charge is 2.09. The van der Waals surface area contributed by atoms with E-state index >= 15 is 0 Å². The molecule has 1 aromatic carbocycles. The maximum absolute atomic E-state index is 11.4. The molecule has 0 aliphatic carbocycles. The molecule has 0 aliphatic rings. The first-order valence-corrected chi connectivity index (χ1v) is 5.58. The Kier molecular flexibility index (Phi) is 4.53. The first kappa shape index (κ1) is 13.0. The highest BCUT2D eigenvalue weighted by Crippen LogP contribution is 2.18. The summed E-state index contributed by atoms with van der Waals surface area (Å²) in [6.07, 6.45) is 0. The largest absolute Gasteiger partial charge is 0.362 e. The molecule has 4 nitrogen and oxygen atoms in total. The Hall–Kier alpha value is -2.02. The Morgan fingerprint density at radius 3 is 2.71 bits per heavy atom. The molecule has 4 heteroatoms. The zero-order chi connectivity index (χ0) is 12.8. The Balaban J connectivity index is 2.93. The summed E-state index contributed by atoms with van der Waals surface area (Å²) in [6, 6.07) is 7.73. The third kappa shape index (κ3) is 3.22. The van der Waals surface area contributed by atoms with Crippen LogP contribution in [-0.2, 0) is 4.79 Å². The van der Waals surface area contributed by atoms with Crippen molar-refractivity contribution in [1.29, 1.82) is 5.26 Å². The predicted octanol–water partition coefficient (Wildman–Crippen LogP) is 1.44. The SMILES string of the molecule is CCN(CC(=O)NC)c1ccc(C#N)c(C)c1. The lowest BCUT2D eigenvalue weighted by Gasteiger charge is -2.22. The average Bonchev–Trinajstić information content (AvgIpc) is 2.35. The van der Waals surface area contributed by atoms with Crippen molar-refractivity contribution in [2.45, 2.75) is 13.8 Å². The summed E-state index contributed by atoms with van der Waals surface area (Å²) in [4.78, 5) is 13.3. The van der Waals surface area contributed by atoms with E-state index in [1.54, 1.807) is 13.1 Å².